The maximum Gasteiger partial charge on any atom is 0.338 e. The SMILES string of the molecule is CCOC(=O)c1ccc(N=C2SC(CC(=O)Nc3cccc(OCC)c3)C(=O)N2C)cc1. The molecule has 1 aliphatic rings. The molecular formula is C23H25N3O5S. The van der Waals surface area contributed by atoms with Crippen LogP contribution in [0.2, 0.25) is 0 Å². The number of amidine groups is 1. The molecule has 1 atom stereocenters. The molecule has 0 aromatic heterocycles. The highest BCUT2D eigenvalue weighted by molar-refractivity contribution is 8.15. The van der Waals surface area contributed by atoms with Crippen molar-refractivity contribution in [1.29, 1.82) is 0 Å². The smallest absolute Gasteiger partial charge is 0.338 e. The van der Waals surface area contributed by atoms with E-state index in [0.29, 0.717) is 41.1 Å². The van der Waals surface area contributed by atoms with E-state index in [4.69, 9.17) is 9.47 Å². The molecule has 0 bridgehead atoms. The van der Waals surface area contributed by atoms with E-state index in [-0.39, 0.29) is 18.2 Å². The summed E-state index contributed by atoms with van der Waals surface area (Å²) in [7, 11) is 1.63. The van der Waals surface area contributed by atoms with Crippen molar-refractivity contribution in [3.8, 4) is 5.75 Å². The fourth-order valence-electron chi connectivity index (χ4n) is 3.00. The Labute approximate surface area is 191 Å². The lowest BCUT2D eigenvalue weighted by Gasteiger charge is -2.10. The molecule has 1 saturated heterocycles. The van der Waals surface area contributed by atoms with Gasteiger partial charge in [0.15, 0.2) is 5.17 Å². The minimum Gasteiger partial charge on any atom is -0.494 e. The van der Waals surface area contributed by atoms with Crippen molar-refractivity contribution in [3.63, 3.8) is 0 Å². The number of thioether (sulfide) groups is 1. The van der Waals surface area contributed by atoms with Gasteiger partial charge in [-0.25, -0.2) is 9.79 Å². The summed E-state index contributed by atoms with van der Waals surface area (Å²) in [6.45, 7) is 4.47. The first kappa shape index (κ1) is 23.3. The Kier molecular flexibility index (Phi) is 7.88. The number of nitrogens with one attached hydrogen (secondary N) is 1. The highest BCUT2D eigenvalue weighted by atomic mass is 32.2. The third-order valence-corrected chi connectivity index (χ3v) is 5.77. The van der Waals surface area contributed by atoms with Gasteiger partial charge in [0.05, 0.1) is 24.5 Å². The van der Waals surface area contributed by atoms with Crippen LogP contribution >= 0.6 is 11.8 Å². The summed E-state index contributed by atoms with van der Waals surface area (Å²) < 4.78 is 10.4. The number of esters is 1. The number of hydrogen-bond acceptors (Lipinski definition) is 7. The monoisotopic (exact) mass is 455 g/mol. The van der Waals surface area contributed by atoms with E-state index in [1.165, 1.54) is 16.7 Å². The highest BCUT2D eigenvalue weighted by Crippen LogP contribution is 2.31. The summed E-state index contributed by atoms with van der Waals surface area (Å²) in [5, 5.41) is 2.74. The minimum atomic E-state index is -0.562. The Morgan fingerprint density at radius 2 is 1.88 bits per heavy atom. The van der Waals surface area contributed by atoms with E-state index in [2.05, 4.69) is 10.3 Å². The molecule has 2 aromatic rings. The summed E-state index contributed by atoms with van der Waals surface area (Å²) in [5.41, 5.74) is 1.64. The topological polar surface area (TPSA) is 97.3 Å². The van der Waals surface area contributed by atoms with Gasteiger partial charge in [-0.2, -0.15) is 0 Å². The lowest BCUT2D eigenvalue weighted by Crippen LogP contribution is -2.30. The number of rotatable bonds is 8. The van der Waals surface area contributed by atoms with Crippen LogP contribution in [0, 0.1) is 0 Å². The number of hydrogen-bond donors (Lipinski definition) is 1. The largest absolute Gasteiger partial charge is 0.494 e. The van der Waals surface area contributed by atoms with Gasteiger partial charge in [-0.1, -0.05) is 17.8 Å². The summed E-state index contributed by atoms with van der Waals surface area (Å²) in [6.07, 6.45) is 0.0213. The number of amides is 2. The van der Waals surface area contributed by atoms with Crippen LogP contribution in [-0.4, -0.2) is 53.4 Å². The Hall–Kier alpha value is -3.33. The molecule has 1 N–H and O–H groups in total. The number of nitrogens with zero attached hydrogens (tertiary/aromatic N) is 2. The summed E-state index contributed by atoms with van der Waals surface area (Å²) >= 11 is 1.24. The van der Waals surface area contributed by atoms with E-state index in [1.54, 1.807) is 56.4 Å². The molecule has 1 aliphatic heterocycles. The summed E-state index contributed by atoms with van der Waals surface area (Å²) in [5.74, 6) is -0.181. The van der Waals surface area contributed by atoms with Crippen molar-refractivity contribution in [1.82, 2.24) is 4.90 Å². The van der Waals surface area contributed by atoms with E-state index < -0.39 is 11.2 Å². The number of anilines is 1. The Morgan fingerprint density at radius 3 is 2.56 bits per heavy atom. The zero-order chi connectivity index (χ0) is 23.1. The third kappa shape index (κ3) is 5.88. The molecule has 0 spiro atoms. The maximum absolute atomic E-state index is 12.6. The van der Waals surface area contributed by atoms with E-state index in [9.17, 15) is 14.4 Å². The number of benzene rings is 2. The molecule has 0 radical (unpaired) electrons. The normalized spacial score (nSPS) is 16.8. The lowest BCUT2D eigenvalue weighted by molar-refractivity contribution is -0.127. The average Bonchev–Trinajstić information content (AvgIpc) is 3.02. The molecule has 168 valence electrons. The van der Waals surface area contributed by atoms with Crippen LogP contribution in [0.3, 0.4) is 0 Å². The highest BCUT2D eigenvalue weighted by Gasteiger charge is 2.37. The number of carbonyl (C=O) groups is 3. The first-order valence-corrected chi connectivity index (χ1v) is 11.1. The predicted octanol–water partition coefficient (Wildman–Crippen LogP) is 3.85. The molecule has 1 unspecified atom stereocenters. The summed E-state index contributed by atoms with van der Waals surface area (Å²) in [4.78, 5) is 42.8. The van der Waals surface area contributed by atoms with Crippen molar-refractivity contribution < 1.29 is 23.9 Å². The first-order valence-electron chi connectivity index (χ1n) is 10.2. The van der Waals surface area contributed by atoms with Crippen molar-refractivity contribution in [3.05, 3.63) is 54.1 Å². The van der Waals surface area contributed by atoms with Gasteiger partial charge in [-0.3, -0.25) is 14.5 Å². The molecule has 3 rings (SSSR count). The van der Waals surface area contributed by atoms with Crippen LogP contribution in [-0.2, 0) is 14.3 Å². The second-order valence-corrected chi connectivity index (χ2v) is 8.05. The van der Waals surface area contributed by atoms with Gasteiger partial charge in [0.2, 0.25) is 11.8 Å². The quantitative estimate of drug-likeness (QED) is 0.607. The number of carbonyl (C=O) groups excluding carboxylic acids is 3. The van der Waals surface area contributed by atoms with Crippen LogP contribution in [0.25, 0.3) is 0 Å². The Balaban J connectivity index is 1.63. The van der Waals surface area contributed by atoms with Crippen molar-refractivity contribution in [2.24, 2.45) is 4.99 Å². The zero-order valence-corrected chi connectivity index (χ0v) is 19.0. The minimum absolute atomic E-state index is 0.0213. The number of aliphatic imine (C=N–C) groups is 1. The van der Waals surface area contributed by atoms with Crippen molar-refractivity contribution in [2.75, 3.05) is 25.6 Å². The van der Waals surface area contributed by atoms with Gasteiger partial charge in [-0.15, -0.1) is 0 Å². The Bertz CT molecular complexity index is 1020. The van der Waals surface area contributed by atoms with Gasteiger partial charge < -0.3 is 14.8 Å². The van der Waals surface area contributed by atoms with E-state index >= 15 is 0 Å². The van der Waals surface area contributed by atoms with Crippen LogP contribution in [0.4, 0.5) is 11.4 Å². The molecular weight excluding hydrogens is 430 g/mol. The standard InChI is InChI=1S/C23H25N3O5S/c1-4-30-18-8-6-7-17(13-18)24-20(27)14-19-21(28)26(3)23(32-19)25-16-11-9-15(10-12-16)22(29)31-5-2/h6-13,19H,4-5,14H2,1-3H3,(H,24,27). The fraction of sp³-hybridized carbons (Fsp3) is 0.304. The average molecular weight is 456 g/mol. The first-order chi connectivity index (χ1) is 15.4. The molecule has 1 heterocycles. The van der Waals surface area contributed by atoms with Gasteiger partial charge in [0, 0.05) is 25.2 Å². The van der Waals surface area contributed by atoms with Crippen LogP contribution in [0.5, 0.6) is 5.75 Å². The van der Waals surface area contributed by atoms with Gasteiger partial charge in [-0.05, 0) is 50.2 Å². The maximum atomic E-state index is 12.6. The zero-order valence-electron chi connectivity index (χ0n) is 18.2. The molecule has 32 heavy (non-hydrogen) atoms. The van der Waals surface area contributed by atoms with E-state index in [0.717, 1.165) is 0 Å². The molecule has 0 saturated carbocycles. The van der Waals surface area contributed by atoms with Crippen molar-refractivity contribution in [2.45, 2.75) is 25.5 Å². The molecule has 2 aromatic carbocycles. The van der Waals surface area contributed by atoms with Crippen LogP contribution < -0.4 is 10.1 Å². The second-order valence-electron chi connectivity index (χ2n) is 6.88. The molecule has 2 amide bonds. The predicted molar refractivity (Wildman–Crippen MR) is 125 cm³/mol. The van der Waals surface area contributed by atoms with Gasteiger partial charge in [0.1, 0.15) is 11.0 Å². The molecule has 8 nitrogen and oxygen atoms in total. The molecule has 9 heteroatoms. The van der Waals surface area contributed by atoms with E-state index in [1.807, 2.05) is 13.0 Å². The second kappa shape index (κ2) is 10.8. The summed E-state index contributed by atoms with van der Waals surface area (Å²) in [6, 6.07) is 13.7. The molecule has 1 fully saturated rings. The van der Waals surface area contributed by atoms with Crippen LogP contribution in [0.1, 0.15) is 30.6 Å². The molecule has 0 aliphatic carbocycles. The Morgan fingerprint density at radius 1 is 1.12 bits per heavy atom. The van der Waals surface area contributed by atoms with Gasteiger partial charge in [0.25, 0.3) is 0 Å². The third-order valence-electron chi connectivity index (χ3n) is 4.54. The van der Waals surface area contributed by atoms with Crippen molar-refractivity contribution >= 4 is 46.1 Å². The van der Waals surface area contributed by atoms with Crippen LogP contribution in [0.15, 0.2) is 53.5 Å². The number of ether oxygens (including phenoxy) is 2. The lowest BCUT2D eigenvalue weighted by atomic mass is 10.2. The fourth-order valence-corrected chi connectivity index (χ4v) is 4.16. The van der Waals surface area contributed by atoms with Gasteiger partial charge >= 0.3 is 5.97 Å².